The van der Waals surface area contributed by atoms with E-state index in [-0.39, 0.29) is 18.4 Å². The standard InChI is InChI=1S/C10H17N5O2/c11-8-5-14-15(6-8)7-10(17)13-4-2-1-3-9(12)16/h5-6H,1-4,7,11H2,(H2,12,16)(H,13,17). The van der Waals surface area contributed by atoms with Gasteiger partial charge in [0.25, 0.3) is 0 Å². The second kappa shape index (κ2) is 6.51. The maximum atomic E-state index is 11.4. The zero-order chi connectivity index (χ0) is 12.7. The third-order valence-corrected chi connectivity index (χ3v) is 2.13. The number of amides is 2. The number of anilines is 1. The third-order valence-electron chi connectivity index (χ3n) is 2.13. The van der Waals surface area contributed by atoms with Crippen LogP contribution in [0.1, 0.15) is 19.3 Å². The van der Waals surface area contributed by atoms with Gasteiger partial charge in [-0.15, -0.1) is 0 Å². The summed E-state index contributed by atoms with van der Waals surface area (Å²) in [4.78, 5) is 21.9. The van der Waals surface area contributed by atoms with Gasteiger partial charge in [-0.1, -0.05) is 0 Å². The van der Waals surface area contributed by atoms with E-state index in [9.17, 15) is 9.59 Å². The molecule has 94 valence electrons. The quantitative estimate of drug-likeness (QED) is 0.542. The lowest BCUT2D eigenvalue weighted by atomic mass is 10.2. The monoisotopic (exact) mass is 239 g/mol. The molecule has 0 aliphatic carbocycles. The molecule has 0 saturated heterocycles. The van der Waals surface area contributed by atoms with Crippen LogP contribution in [0.15, 0.2) is 12.4 Å². The van der Waals surface area contributed by atoms with Crippen molar-refractivity contribution in [2.45, 2.75) is 25.8 Å². The molecule has 0 aromatic carbocycles. The number of nitrogens with two attached hydrogens (primary N) is 2. The first-order chi connectivity index (χ1) is 8.08. The molecule has 5 N–H and O–H groups in total. The maximum Gasteiger partial charge on any atom is 0.241 e. The topological polar surface area (TPSA) is 116 Å². The number of rotatable bonds is 7. The van der Waals surface area contributed by atoms with Crippen molar-refractivity contribution >= 4 is 17.5 Å². The molecule has 0 saturated carbocycles. The lowest BCUT2D eigenvalue weighted by Crippen LogP contribution is -2.28. The molecule has 0 aliphatic heterocycles. The summed E-state index contributed by atoms with van der Waals surface area (Å²) in [5, 5.41) is 6.61. The fourth-order valence-corrected chi connectivity index (χ4v) is 1.32. The summed E-state index contributed by atoms with van der Waals surface area (Å²) in [5.74, 6) is -0.449. The number of nitrogens with zero attached hydrogens (tertiary/aromatic N) is 2. The van der Waals surface area contributed by atoms with Crippen molar-refractivity contribution in [1.82, 2.24) is 15.1 Å². The summed E-state index contributed by atoms with van der Waals surface area (Å²) in [6.45, 7) is 0.676. The Kier molecular flexibility index (Phi) is 4.99. The SMILES string of the molecule is NC(=O)CCCCNC(=O)Cn1cc(N)cn1. The van der Waals surface area contributed by atoms with Crippen LogP contribution in [0.3, 0.4) is 0 Å². The normalized spacial score (nSPS) is 10.1. The Labute approximate surface area is 99.1 Å². The molecule has 2 amide bonds. The predicted molar refractivity (Wildman–Crippen MR) is 62.7 cm³/mol. The molecule has 7 heteroatoms. The van der Waals surface area contributed by atoms with Gasteiger partial charge in [0.1, 0.15) is 6.54 Å². The van der Waals surface area contributed by atoms with Crippen LogP contribution in [-0.2, 0) is 16.1 Å². The van der Waals surface area contributed by atoms with Gasteiger partial charge in [-0.3, -0.25) is 14.3 Å². The first kappa shape index (κ1) is 13.0. The van der Waals surface area contributed by atoms with E-state index >= 15 is 0 Å². The number of hydrogen-bond donors (Lipinski definition) is 3. The van der Waals surface area contributed by atoms with E-state index in [1.54, 1.807) is 6.20 Å². The van der Waals surface area contributed by atoms with Crippen LogP contribution in [0.4, 0.5) is 5.69 Å². The van der Waals surface area contributed by atoms with Crippen LogP contribution in [-0.4, -0.2) is 28.1 Å². The van der Waals surface area contributed by atoms with Crippen molar-refractivity contribution in [3.8, 4) is 0 Å². The van der Waals surface area contributed by atoms with Crippen LogP contribution >= 0.6 is 0 Å². The fourth-order valence-electron chi connectivity index (χ4n) is 1.32. The van der Waals surface area contributed by atoms with Gasteiger partial charge in [0.05, 0.1) is 11.9 Å². The molecule has 7 nitrogen and oxygen atoms in total. The van der Waals surface area contributed by atoms with Gasteiger partial charge in [0, 0.05) is 19.2 Å². The highest BCUT2D eigenvalue weighted by Crippen LogP contribution is 1.97. The minimum absolute atomic E-state index is 0.132. The van der Waals surface area contributed by atoms with E-state index in [4.69, 9.17) is 11.5 Å². The Bertz CT molecular complexity index is 388. The Morgan fingerprint density at radius 3 is 2.76 bits per heavy atom. The van der Waals surface area contributed by atoms with Crippen molar-refractivity contribution < 1.29 is 9.59 Å². The van der Waals surface area contributed by atoms with Crippen LogP contribution in [0.5, 0.6) is 0 Å². The average molecular weight is 239 g/mol. The molecule has 1 heterocycles. The van der Waals surface area contributed by atoms with E-state index in [0.717, 1.165) is 6.42 Å². The molecule has 17 heavy (non-hydrogen) atoms. The van der Waals surface area contributed by atoms with Crippen molar-refractivity contribution in [3.05, 3.63) is 12.4 Å². The van der Waals surface area contributed by atoms with Crippen molar-refractivity contribution in [2.24, 2.45) is 5.73 Å². The van der Waals surface area contributed by atoms with Crippen LogP contribution in [0.2, 0.25) is 0 Å². The van der Waals surface area contributed by atoms with Crippen molar-refractivity contribution in [2.75, 3.05) is 12.3 Å². The number of carbonyl (C=O) groups is 2. The van der Waals surface area contributed by atoms with Crippen LogP contribution in [0, 0.1) is 0 Å². The molecule has 0 radical (unpaired) electrons. The molecule has 0 bridgehead atoms. The molecule has 0 aliphatic rings. The Balaban J connectivity index is 2.11. The van der Waals surface area contributed by atoms with Gasteiger partial charge in [-0.05, 0) is 12.8 Å². The minimum Gasteiger partial charge on any atom is -0.396 e. The summed E-state index contributed by atoms with van der Waals surface area (Å²) in [6, 6.07) is 0. The number of nitrogens with one attached hydrogen (secondary N) is 1. The molecule has 0 spiro atoms. The summed E-state index contributed by atoms with van der Waals surface area (Å²) in [5.41, 5.74) is 11.0. The minimum atomic E-state index is -0.316. The Hall–Kier alpha value is -2.05. The summed E-state index contributed by atoms with van der Waals surface area (Å²) >= 11 is 0. The van der Waals surface area contributed by atoms with Gasteiger partial charge >= 0.3 is 0 Å². The lowest BCUT2D eigenvalue weighted by Gasteiger charge is -2.04. The smallest absolute Gasteiger partial charge is 0.241 e. The van der Waals surface area contributed by atoms with Crippen molar-refractivity contribution in [1.29, 1.82) is 0 Å². The van der Waals surface area contributed by atoms with Crippen LogP contribution < -0.4 is 16.8 Å². The number of primary amides is 1. The van der Waals surface area contributed by atoms with Gasteiger partial charge in [-0.2, -0.15) is 5.10 Å². The molecule has 1 aromatic heterocycles. The number of aromatic nitrogens is 2. The highest BCUT2D eigenvalue weighted by molar-refractivity contribution is 5.75. The zero-order valence-corrected chi connectivity index (χ0v) is 9.56. The van der Waals surface area contributed by atoms with Gasteiger partial charge in [0.2, 0.25) is 11.8 Å². The summed E-state index contributed by atoms with van der Waals surface area (Å²) in [7, 11) is 0. The fraction of sp³-hybridized carbons (Fsp3) is 0.500. The van der Waals surface area contributed by atoms with E-state index in [2.05, 4.69) is 10.4 Å². The van der Waals surface area contributed by atoms with E-state index in [1.807, 2.05) is 0 Å². The Morgan fingerprint density at radius 2 is 2.18 bits per heavy atom. The largest absolute Gasteiger partial charge is 0.396 e. The lowest BCUT2D eigenvalue weighted by molar-refractivity contribution is -0.121. The highest BCUT2D eigenvalue weighted by atomic mass is 16.2. The molecule has 0 unspecified atom stereocenters. The molecular weight excluding hydrogens is 222 g/mol. The molecule has 1 aromatic rings. The Morgan fingerprint density at radius 1 is 1.41 bits per heavy atom. The number of hydrogen-bond acceptors (Lipinski definition) is 4. The first-order valence-corrected chi connectivity index (χ1v) is 5.41. The molecular formula is C10H17N5O2. The summed E-state index contributed by atoms with van der Waals surface area (Å²) in [6.07, 6.45) is 4.85. The van der Waals surface area contributed by atoms with E-state index < -0.39 is 0 Å². The van der Waals surface area contributed by atoms with Gasteiger partial charge in [-0.25, -0.2) is 0 Å². The highest BCUT2D eigenvalue weighted by Gasteiger charge is 2.03. The van der Waals surface area contributed by atoms with Crippen molar-refractivity contribution in [3.63, 3.8) is 0 Å². The van der Waals surface area contributed by atoms with Gasteiger partial charge < -0.3 is 16.8 Å². The number of unbranched alkanes of at least 4 members (excludes halogenated alkanes) is 1. The third kappa shape index (κ3) is 5.55. The second-order valence-electron chi connectivity index (χ2n) is 3.74. The second-order valence-corrected chi connectivity index (χ2v) is 3.74. The molecule has 0 atom stereocenters. The van der Waals surface area contributed by atoms with Gasteiger partial charge in [0.15, 0.2) is 0 Å². The maximum absolute atomic E-state index is 11.4. The van der Waals surface area contributed by atoms with Crippen LogP contribution in [0.25, 0.3) is 0 Å². The number of nitrogen functional groups attached to an aromatic ring is 1. The van der Waals surface area contributed by atoms with E-state index in [0.29, 0.717) is 25.1 Å². The number of carbonyl (C=O) groups excluding carboxylic acids is 2. The predicted octanol–water partition coefficient (Wildman–Crippen LogP) is -0.763. The zero-order valence-electron chi connectivity index (χ0n) is 9.56. The molecule has 1 rings (SSSR count). The van der Waals surface area contributed by atoms with E-state index in [1.165, 1.54) is 10.9 Å². The molecule has 0 fully saturated rings. The average Bonchev–Trinajstić information content (AvgIpc) is 2.63. The summed E-state index contributed by atoms with van der Waals surface area (Å²) < 4.78 is 1.47. The first-order valence-electron chi connectivity index (χ1n) is 5.41.